The van der Waals surface area contributed by atoms with Crippen molar-refractivity contribution in [1.29, 1.82) is 0 Å². The smallest absolute Gasteiger partial charge is 0.118 e. The summed E-state index contributed by atoms with van der Waals surface area (Å²) in [4.78, 5) is 2.39. The molecule has 0 aromatic carbocycles. The van der Waals surface area contributed by atoms with Crippen molar-refractivity contribution in [3.05, 3.63) is 23.2 Å². The average molecular weight is 252 g/mol. The van der Waals surface area contributed by atoms with Gasteiger partial charge in [0.05, 0.1) is 19.3 Å². The van der Waals surface area contributed by atoms with E-state index < -0.39 is 0 Å². The highest BCUT2D eigenvalue weighted by Gasteiger charge is 2.18. The van der Waals surface area contributed by atoms with Crippen molar-refractivity contribution in [2.75, 3.05) is 26.2 Å². The Hall–Kier alpha value is -0.840. The van der Waals surface area contributed by atoms with E-state index in [9.17, 15) is 0 Å². The van der Waals surface area contributed by atoms with E-state index in [-0.39, 0.29) is 0 Å². The maximum atomic E-state index is 5.83. The van der Waals surface area contributed by atoms with E-state index in [0.717, 1.165) is 50.9 Å². The van der Waals surface area contributed by atoms with Gasteiger partial charge >= 0.3 is 0 Å². The highest BCUT2D eigenvalue weighted by molar-refractivity contribution is 5.20. The van der Waals surface area contributed by atoms with Gasteiger partial charge < -0.3 is 14.5 Å². The molecule has 4 nitrogen and oxygen atoms in total. The molecule has 18 heavy (non-hydrogen) atoms. The number of aryl methyl sites for hydroxylation is 1. The largest absolute Gasteiger partial charge is 0.465 e. The second-order valence-corrected chi connectivity index (χ2v) is 4.99. The van der Waals surface area contributed by atoms with Crippen LogP contribution in [0.2, 0.25) is 0 Å². The Morgan fingerprint density at radius 2 is 2.33 bits per heavy atom. The Morgan fingerprint density at radius 1 is 1.50 bits per heavy atom. The normalized spacial score (nSPS) is 21.4. The number of furan rings is 1. The summed E-state index contributed by atoms with van der Waals surface area (Å²) < 4.78 is 11.4. The molecule has 2 rings (SSSR count). The standard InChI is InChI=1S/C14H24N2O2/c1-4-15-8-13-7-14(18-12(13)3)10-16-5-6-17-11(2)9-16/h7,11,15H,4-6,8-10H2,1-3H3. The lowest BCUT2D eigenvalue weighted by Crippen LogP contribution is -2.40. The van der Waals surface area contributed by atoms with Gasteiger partial charge in [-0.25, -0.2) is 0 Å². The average Bonchev–Trinajstić information content (AvgIpc) is 2.67. The Balaban J connectivity index is 1.92. The maximum Gasteiger partial charge on any atom is 0.118 e. The molecule has 1 atom stereocenters. The molecule has 1 aromatic heterocycles. The topological polar surface area (TPSA) is 37.6 Å². The van der Waals surface area contributed by atoms with Gasteiger partial charge in [0.15, 0.2) is 0 Å². The van der Waals surface area contributed by atoms with E-state index in [1.54, 1.807) is 0 Å². The van der Waals surface area contributed by atoms with Crippen LogP contribution in [-0.2, 0) is 17.8 Å². The van der Waals surface area contributed by atoms with E-state index in [4.69, 9.17) is 9.15 Å². The number of hydrogen-bond acceptors (Lipinski definition) is 4. The van der Waals surface area contributed by atoms with Crippen molar-refractivity contribution >= 4 is 0 Å². The zero-order valence-electron chi connectivity index (χ0n) is 11.7. The van der Waals surface area contributed by atoms with Crippen LogP contribution in [0.3, 0.4) is 0 Å². The summed E-state index contributed by atoms with van der Waals surface area (Å²) in [6.45, 7) is 11.9. The third kappa shape index (κ3) is 3.57. The molecule has 1 aliphatic heterocycles. The van der Waals surface area contributed by atoms with Gasteiger partial charge in [-0.3, -0.25) is 4.90 Å². The first kappa shape index (κ1) is 13.6. The Bertz CT molecular complexity index is 376. The highest BCUT2D eigenvalue weighted by atomic mass is 16.5. The SMILES string of the molecule is CCNCc1cc(CN2CCOC(C)C2)oc1C. The van der Waals surface area contributed by atoms with Crippen LogP contribution in [0.5, 0.6) is 0 Å². The minimum Gasteiger partial charge on any atom is -0.465 e. The van der Waals surface area contributed by atoms with E-state index in [0.29, 0.717) is 6.10 Å². The molecule has 1 fully saturated rings. The molecule has 4 heteroatoms. The quantitative estimate of drug-likeness (QED) is 0.869. The van der Waals surface area contributed by atoms with E-state index in [2.05, 4.69) is 30.1 Å². The summed E-state index contributed by atoms with van der Waals surface area (Å²) in [6.07, 6.45) is 0.330. The predicted octanol–water partition coefficient (Wildman–Crippen LogP) is 1.92. The van der Waals surface area contributed by atoms with Crippen LogP contribution in [0.25, 0.3) is 0 Å². The maximum absolute atomic E-state index is 5.83. The van der Waals surface area contributed by atoms with Crippen LogP contribution in [0.1, 0.15) is 30.9 Å². The molecule has 0 radical (unpaired) electrons. The van der Waals surface area contributed by atoms with Crippen LogP contribution >= 0.6 is 0 Å². The minimum absolute atomic E-state index is 0.330. The molecule has 1 N–H and O–H groups in total. The molecule has 1 unspecified atom stereocenters. The highest BCUT2D eigenvalue weighted by Crippen LogP contribution is 2.17. The van der Waals surface area contributed by atoms with Gasteiger partial charge in [0.25, 0.3) is 0 Å². The lowest BCUT2D eigenvalue weighted by Gasteiger charge is -2.30. The minimum atomic E-state index is 0.330. The summed E-state index contributed by atoms with van der Waals surface area (Å²) >= 11 is 0. The fraction of sp³-hybridized carbons (Fsp3) is 0.714. The summed E-state index contributed by atoms with van der Waals surface area (Å²) in [5.74, 6) is 2.10. The number of morpholine rings is 1. The second kappa shape index (κ2) is 6.36. The van der Waals surface area contributed by atoms with Crippen LogP contribution in [0.4, 0.5) is 0 Å². The van der Waals surface area contributed by atoms with Crippen molar-refractivity contribution in [3.8, 4) is 0 Å². The van der Waals surface area contributed by atoms with Crippen molar-refractivity contribution in [2.45, 2.75) is 40.0 Å². The first-order valence-electron chi connectivity index (χ1n) is 6.82. The number of ether oxygens (including phenoxy) is 1. The summed E-state index contributed by atoms with van der Waals surface area (Å²) in [6, 6.07) is 2.18. The van der Waals surface area contributed by atoms with Gasteiger partial charge in [-0.05, 0) is 26.5 Å². The van der Waals surface area contributed by atoms with E-state index in [1.165, 1.54) is 5.56 Å². The third-order valence-corrected chi connectivity index (χ3v) is 3.34. The molecule has 2 heterocycles. The van der Waals surface area contributed by atoms with E-state index >= 15 is 0 Å². The molecule has 102 valence electrons. The zero-order chi connectivity index (χ0) is 13.0. The molecule has 0 bridgehead atoms. The van der Waals surface area contributed by atoms with Gasteiger partial charge in [0, 0.05) is 25.2 Å². The van der Waals surface area contributed by atoms with E-state index in [1.807, 2.05) is 6.92 Å². The summed E-state index contributed by atoms with van der Waals surface area (Å²) in [7, 11) is 0. The van der Waals surface area contributed by atoms with Gasteiger partial charge in [0.2, 0.25) is 0 Å². The van der Waals surface area contributed by atoms with Crippen LogP contribution in [-0.4, -0.2) is 37.2 Å². The fourth-order valence-electron chi connectivity index (χ4n) is 2.36. The van der Waals surface area contributed by atoms with Crippen LogP contribution in [0, 0.1) is 6.92 Å². The van der Waals surface area contributed by atoms with Gasteiger partial charge in [-0.15, -0.1) is 0 Å². The van der Waals surface area contributed by atoms with Crippen molar-refractivity contribution in [2.24, 2.45) is 0 Å². The molecule has 1 aliphatic rings. The van der Waals surface area contributed by atoms with Crippen LogP contribution in [0.15, 0.2) is 10.5 Å². The monoisotopic (exact) mass is 252 g/mol. The fourth-order valence-corrected chi connectivity index (χ4v) is 2.36. The molecule has 1 saturated heterocycles. The number of rotatable bonds is 5. The van der Waals surface area contributed by atoms with Crippen molar-refractivity contribution < 1.29 is 9.15 Å². The number of nitrogens with one attached hydrogen (secondary N) is 1. The molecule has 0 saturated carbocycles. The zero-order valence-corrected chi connectivity index (χ0v) is 11.7. The Morgan fingerprint density at radius 3 is 3.06 bits per heavy atom. The summed E-state index contributed by atoms with van der Waals surface area (Å²) in [5, 5.41) is 3.34. The molecule has 0 amide bonds. The second-order valence-electron chi connectivity index (χ2n) is 4.99. The van der Waals surface area contributed by atoms with Gasteiger partial charge in [0.1, 0.15) is 11.5 Å². The lowest BCUT2D eigenvalue weighted by atomic mass is 10.2. The van der Waals surface area contributed by atoms with Crippen molar-refractivity contribution in [3.63, 3.8) is 0 Å². The lowest BCUT2D eigenvalue weighted by molar-refractivity contribution is -0.0231. The molecule has 0 spiro atoms. The molecular formula is C14H24N2O2. The van der Waals surface area contributed by atoms with Gasteiger partial charge in [-0.1, -0.05) is 6.92 Å². The molecular weight excluding hydrogens is 228 g/mol. The third-order valence-electron chi connectivity index (χ3n) is 3.34. The van der Waals surface area contributed by atoms with Crippen LogP contribution < -0.4 is 5.32 Å². The predicted molar refractivity (Wildman–Crippen MR) is 71.5 cm³/mol. The Kier molecular flexibility index (Phi) is 4.80. The first-order chi connectivity index (χ1) is 8.69. The molecule has 1 aromatic rings. The number of hydrogen-bond donors (Lipinski definition) is 1. The Labute approximate surface area is 109 Å². The molecule has 0 aliphatic carbocycles. The first-order valence-corrected chi connectivity index (χ1v) is 6.82. The van der Waals surface area contributed by atoms with Crippen molar-refractivity contribution in [1.82, 2.24) is 10.2 Å². The van der Waals surface area contributed by atoms with Gasteiger partial charge in [-0.2, -0.15) is 0 Å². The number of nitrogens with zero attached hydrogens (tertiary/aromatic N) is 1. The summed E-state index contributed by atoms with van der Waals surface area (Å²) in [5.41, 5.74) is 1.27.